The van der Waals surface area contributed by atoms with Crippen LogP contribution in [0.15, 0.2) is 36.4 Å². The van der Waals surface area contributed by atoms with Crippen molar-refractivity contribution >= 4 is 59.9 Å². The third-order valence-electron chi connectivity index (χ3n) is 1.86. The summed E-state index contributed by atoms with van der Waals surface area (Å²) < 4.78 is 0. The molecule has 0 unspecified atom stereocenters. The number of rotatable bonds is 0. The van der Waals surface area contributed by atoms with E-state index in [1.54, 1.807) is 24.3 Å². The van der Waals surface area contributed by atoms with E-state index in [4.69, 9.17) is 56.6 Å². The van der Waals surface area contributed by atoms with Gasteiger partial charge < -0.3 is 10.2 Å². The summed E-state index contributed by atoms with van der Waals surface area (Å²) in [6.45, 7) is 0. The second kappa shape index (κ2) is 8.67. The van der Waals surface area contributed by atoms with Gasteiger partial charge in [0.1, 0.15) is 21.5 Å². The van der Waals surface area contributed by atoms with Crippen LogP contribution in [0.4, 0.5) is 0 Å². The highest BCUT2D eigenvalue weighted by molar-refractivity contribution is 7.59. The molecule has 0 saturated carbocycles. The molecule has 0 atom stereocenters. The molecular weight excluding hydrogens is 350 g/mol. The van der Waals surface area contributed by atoms with Crippen molar-refractivity contribution in [2.24, 2.45) is 0 Å². The van der Waals surface area contributed by atoms with Gasteiger partial charge in [-0.15, -0.1) is 0 Å². The molecule has 19 heavy (non-hydrogen) atoms. The van der Waals surface area contributed by atoms with E-state index in [9.17, 15) is 0 Å². The van der Waals surface area contributed by atoms with Gasteiger partial charge in [-0.3, -0.25) is 0 Å². The van der Waals surface area contributed by atoms with Crippen molar-refractivity contribution in [3.8, 4) is 11.5 Å². The summed E-state index contributed by atoms with van der Waals surface area (Å²) in [5.41, 5.74) is 0. The smallest absolute Gasteiger partial charge is 0.135 e. The van der Waals surface area contributed by atoms with E-state index < -0.39 is 0 Å². The van der Waals surface area contributed by atoms with Crippen molar-refractivity contribution in [2.75, 3.05) is 0 Å². The Balaban J connectivity index is 0.000000324. The summed E-state index contributed by atoms with van der Waals surface area (Å²) >= 11 is 22.0. The van der Waals surface area contributed by atoms with E-state index in [2.05, 4.69) is 0 Å². The fourth-order valence-electron chi connectivity index (χ4n) is 0.985. The van der Waals surface area contributed by atoms with Crippen LogP contribution in [-0.2, 0) is 0 Å². The zero-order chi connectivity index (χ0) is 13.7. The molecule has 2 aromatic rings. The zero-order valence-electron chi connectivity index (χ0n) is 9.28. The minimum absolute atomic E-state index is 0. The summed E-state index contributed by atoms with van der Waals surface area (Å²) in [7, 11) is 0. The molecule has 0 heterocycles. The van der Waals surface area contributed by atoms with Crippen LogP contribution in [0.25, 0.3) is 0 Å². The average molecular weight is 358 g/mol. The predicted molar refractivity (Wildman–Crippen MR) is 83.8 cm³/mol. The van der Waals surface area contributed by atoms with Crippen LogP contribution in [0.2, 0.25) is 20.1 Å². The molecule has 2 N–H and O–H groups in total. The van der Waals surface area contributed by atoms with Crippen molar-refractivity contribution in [3.63, 3.8) is 0 Å². The summed E-state index contributed by atoms with van der Waals surface area (Å²) in [5, 5.41) is 18.9. The number of phenols is 2. The van der Waals surface area contributed by atoms with Gasteiger partial charge in [0, 0.05) is 13.5 Å². The topological polar surface area (TPSA) is 40.5 Å². The van der Waals surface area contributed by atoms with Crippen LogP contribution < -0.4 is 0 Å². The van der Waals surface area contributed by atoms with Gasteiger partial charge in [-0.2, -0.15) is 0 Å². The Labute approximate surface area is 137 Å². The molecule has 0 bridgehead atoms. The SMILES string of the molecule is Oc1cccc(Cl)c1Cl.Oc1cccc(Cl)c1Cl.[S]. The lowest BCUT2D eigenvalue weighted by atomic mass is 10.3. The van der Waals surface area contributed by atoms with Gasteiger partial charge in [-0.25, -0.2) is 0 Å². The molecule has 2 radical (unpaired) electrons. The van der Waals surface area contributed by atoms with Crippen LogP contribution in [-0.4, -0.2) is 10.2 Å². The lowest BCUT2D eigenvalue weighted by Gasteiger charge is -1.95. The van der Waals surface area contributed by atoms with E-state index >= 15 is 0 Å². The standard InChI is InChI=1S/2C6H4Cl2O.S/c2*7-4-2-1-3-5(9)6(4)8;/h2*1-3,9H;. The van der Waals surface area contributed by atoms with E-state index in [0.717, 1.165) is 0 Å². The highest BCUT2D eigenvalue weighted by atomic mass is 35.5. The maximum Gasteiger partial charge on any atom is 0.135 e. The molecule has 0 amide bonds. The summed E-state index contributed by atoms with van der Waals surface area (Å²) in [5.74, 6) is 0.0355. The van der Waals surface area contributed by atoms with Crippen LogP contribution in [0.1, 0.15) is 0 Å². The van der Waals surface area contributed by atoms with Crippen LogP contribution in [0.3, 0.4) is 0 Å². The lowest BCUT2D eigenvalue weighted by Crippen LogP contribution is -1.67. The number of phenolic OH excluding ortho intramolecular Hbond substituents is 2. The molecule has 0 spiro atoms. The van der Waals surface area contributed by atoms with Gasteiger partial charge in [-0.05, 0) is 24.3 Å². The van der Waals surface area contributed by atoms with Crippen molar-refractivity contribution in [1.82, 2.24) is 0 Å². The highest BCUT2D eigenvalue weighted by Gasteiger charge is 2.00. The normalized spacial score (nSPS) is 9.05. The molecule has 0 aliphatic rings. The second-order valence-corrected chi connectivity index (χ2v) is 4.72. The van der Waals surface area contributed by atoms with E-state index in [-0.39, 0.29) is 35.0 Å². The number of halogens is 4. The first-order valence-corrected chi connectivity index (χ1v) is 6.20. The van der Waals surface area contributed by atoms with Crippen LogP contribution in [0.5, 0.6) is 11.5 Å². The first-order valence-electron chi connectivity index (χ1n) is 4.69. The number of hydrogen-bond donors (Lipinski definition) is 2. The Hall–Kier alpha value is -0.450. The fraction of sp³-hybridized carbons (Fsp3) is 0. The molecule has 0 saturated heterocycles. The molecule has 2 rings (SSSR count). The molecular formula is C12H8Cl4O2S. The Morgan fingerprint density at radius 3 is 1.16 bits per heavy atom. The number of benzene rings is 2. The van der Waals surface area contributed by atoms with E-state index in [1.807, 2.05) is 0 Å². The molecule has 2 aromatic carbocycles. The Bertz CT molecular complexity index is 459. The number of aromatic hydroxyl groups is 2. The third-order valence-corrected chi connectivity index (χ3v) is 3.48. The van der Waals surface area contributed by atoms with Crippen molar-refractivity contribution < 1.29 is 10.2 Å². The minimum Gasteiger partial charge on any atom is -0.506 e. The van der Waals surface area contributed by atoms with Crippen molar-refractivity contribution in [2.45, 2.75) is 0 Å². The Morgan fingerprint density at radius 1 is 0.632 bits per heavy atom. The van der Waals surface area contributed by atoms with Crippen molar-refractivity contribution in [3.05, 3.63) is 56.5 Å². The van der Waals surface area contributed by atoms with Crippen LogP contribution >= 0.6 is 59.9 Å². The van der Waals surface area contributed by atoms with Gasteiger partial charge >= 0.3 is 0 Å². The molecule has 0 aliphatic carbocycles. The van der Waals surface area contributed by atoms with Gasteiger partial charge in [0.25, 0.3) is 0 Å². The first kappa shape index (κ1) is 18.6. The largest absolute Gasteiger partial charge is 0.506 e. The highest BCUT2D eigenvalue weighted by Crippen LogP contribution is 2.30. The monoisotopic (exact) mass is 356 g/mol. The fourth-order valence-corrected chi connectivity index (χ4v) is 1.58. The quantitative estimate of drug-likeness (QED) is 0.602. The van der Waals surface area contributed by atoms with Crippen molar-refractivity contribution in [1.29, 1.82) is 0 Å². The zero-order valence-corrected chi connectivity index (χ0v) is 13.1. The summed E-state index contributed by atoms with van der Waals surface area (Å²) in [4.78, 5) is 0. The minimum atomic E-state index is 0. The first-order chi connectivity index (χ1) is 8.43. The molecule has 102 valence electrons. The van der Waals surface area contributed by atoms with Gasteiger partial charge in [-0.1, -0.05) is 58.5 Å². The molecule has 2 nitrogen and oxygen atoms in total. The molecule has 0 fully saturated rings. The molecule has 0 aliphatic heterocycles. The summed E-state index contributed by atoms with van der Waals surface area (Å²) in [6, 6.07) is 9.45. The lowest BCUT2D eigenvalue weighted by molar-refractivity contribution is 0.475. The number of hydrogen-bond acceptors (Lipinski definition) is 2. The second-order valence-electron chi connectivity index (χ2n) is 3.15. The third kappa shape index (κ3) is 5.59. The summed E-state index contributed by atoms with van der Waals surface area (Å²) in [6.07, 6.45) is 0. The van der Waals surface area contributed by atoms with Gasteiger partial charge in [0.15, 0.2) is 0 Å². The van der Waals surface area contributed by atoms with Crippen LogP contribution in [0, 0.1) is 0 Å². The molecule has 0 aromatic heterocycles. The van der Waals surface area contributed by atoms with E-state index in [1.165, 1.54) is 12.1 Å². The van der Waals surface area contributed by atoms with E-state index in [0.29, 0.717) is 10.0 Å². The predicted octanol–water partition coefficient (Wildman–Crippen LogP) is 6.05. The Morgan fingerprint density at radius 2 is 0.947 bits per heavy atom. The molecule has 7 heteroatoms. The maximum atomic E-state index is 8.88. The van der Waals surface area contributed by atoms with Gasteiger partial charge in [0.05, 0.1) is 10.0 Å². The Kier molecular flexibility index (Phi) is 8.46. The average Bonchev–Trinajstić information content (AvgIpc) is 2.34. The maximum absolute atomic E-state index is 8.88. The van der Waals surface area contributed by atoms with Gasteiger partial charge in [0.2, 0.25) is 0 Å².